The summed E-state index contributed by atoms with van der Waals surface area (Å²) in [5.74, 6) is -1.44. The van der Waals surface area contributed by atoms with Gasteiger partial charge in [-0.2, -0.15) is 5.10 Å². The van der Waals surface area contributed by atoms with E-state index >= 15 is 0 Å². The number of nitrogens with one attached hydrogen (secondary N) is 3. The minimum Gasteiger partial charge on any atom is -0.319 e. The SMILES string of the molecule is CC(=O)NNC(=O)c1cc(Cl)cc(I)c1NC(=O)c1cc(Br)nn1-c1ncccc1Cl. The third-order valence-corrected chi connectivity index (χ3v) is 5.49. The number of benzene rings is 1. The molecule has 2 heterocycles. The van der Waals surface area contributed by atoms with Crippen LogP contribution in [0.25, 0.3) is 5.82 Å². The normalized spacial score (nSPS) is 10.5. The quantitative estimate of drug-likeness (QED) is 0.296. The Morgan fingerprint density at radius 3 is 2.55 bits per heavy atom. The first kappa shape index (κ1) is 23.4. The van der Waals surface area contributed by atoms with Gasteiger partial charge in [-0.3, -0.25) is 25.2 Å². The molecule has 0 aliphatic heterocycles. The first-order valence-electron chi connectivity index (χ1n) is 8.41. The smallest absolute Gasteiger partial charge is 0.274 e. The van der Waals surface area contributed by atoms with Gasteiger partial charge in [-0.25, -0.2) is 9.67 Å². The molecular formula is C18H12BrCl2IN6O3. The van der Waals surface area contributed by atoms with E-state index in [9.17, 15) is 14.4 Å². The fourth-order valence-corrected chi connectivity index (χ4v) is 4.22. The van der Waals surface area contributed by atoms with Gasteiger partial charge < -0.3 is 5.32 Å². The van der Waals surface area contributed by atoms with E-state index in [4.69, 9.17) is 23.2 Å². The number of pyridine rings is 1. The predicted molar refractivity (Wildman–Crippen MR) is 127 cm³/mol. The fourth-order valence-electron chi connectivity index (χ4n) is 2.48. The second-order valence-electron chi connectivity index (χ2n) is 5.97. The molecule has 0 bridgehead atoms. The van der Waals surface area contributed by atoms with Crippen molar-refractivity contribution in [3.63, 3.8) is 0 Å². The summed E-state index contributed by atoms with van der Waals surface area (Å²) in [6.07, 6.45) is 1.52. The molecule has 0 fully saturated rings. The van der Waals surface area contributed by atoms with E-state index in [1.54, 1.807) is 18.2 Å². The predicted octanol–water partition coefficient (Wildman–Crippen LogP) is 3.97. The summed E-state index contributed by atoms with van der Waals surface area (Å²) in [6.45, 7) is 1.24. The summed E-state index contributed by atoms with van der Waals surface area (Å²) in [5.41, 5.74) is 4.82. The van der Waals surface area contributed by atoms with Crippen LogP contribution in [0.4, 0.5) is 5.69 Å². The molecule has 9 nitrogen and oxygen atoms in total. The Labute approximate surface area is 208 Å². The Hall–Kier alpha value is -2.22. The summed E-state index contributed by atoms with van der Waals surface area (Å²) in [6, 6.07) is 7.71. The van der Waals surface area contributed by atoms with Crippen LogP contribution in [-0.2, 0) is 4.79 Å². The third kappa shape index (κ3) is 5.53. The van der Waals surface area contributed by atoms with E-state index in [1.807, 2.05) is 22.6 Å². The Balaban J connectivity index is 1.99. The Morgan fingerprint density at radius 2 is 1.87 bits per heavy atom. The van der Waals surface area contributed by atoms with Crippen LogP contribution >= 0.6 is 61.7 Å². The molecule has 13 heteroatoms. The molecule has 0 atom stereocenters. The van der Waals surface area contributed by atoms with Gasteiger partial charge in [0.05, 0.1) is 16.3 Å². The van der Waals surface area contributed by atoms with Crippen LogP contribution in [0.15, 0.2) is 41.1 Å². The topological polar surface area (TPSA) is 118 Å². The van der Waals surface area contributed by atoms with Crippen molar-refractivity contribution < 1.29 is 14.4 Å². The molecule has 2 aromatic heterocycles. The molecular weight excluding hydrogens is 626 g/mol. The van der Waals surface area contributed by atoms with Gasteiger partial charge in [-0.05, 0) is 62.8 Å². The number of aromatic nitrogens is 3. The van der Waals surface area contributed by atoms with Gasteiger partial charge in [-0.15, -0.1) is 0 Å². The number of halogens is 4. The van der Waals surface area contributed by atoms with Crippen LogP contribution < -0.4 is 16.2 Å². The Bertz CT molecular complexity index is 1200. The molecule has 0 radical (unpaired) electrons. The van der Waals surface area contributed by atoms with Gasteiger partial charge >= 0.3 is 0 Å². The molecule has 0 unspecified atom stereocenters. The Kier molecular flexibility index (Phi) is 7.51. The van der Waals surface area contributed by atoms with E-state index < -0.39 is 17.7 Å². The highest BCUT2D eigenvalue weighted by Crippen LogP contribution is 2.29. The van der Waals surface area contributed by atoms with E-state index in [0.717, 1.165) is 0 Å². The van der Waals surface area contributed by atoms with Gasteiger partial charge in [-0.1, -0.05) is 23.2 Å². The van der Waals surface area contributed by atoms with E-state index in [2.05, 4.69) is 42.2 Å². The average molecular weight is 638 g/mol. The van der Waals surface area contributed by atoms with Gasteiger partial charge in [0.2, 0.25) is 5.91 Å². The molecule has 0 spiro atoms. The summed E-state index contributed by atoms with van der Waals surface area (Å²) < 4.78 is 2.17. The van der Waals surface area contributed by atoms with Crippen LogP contribution in [0.3, 0.4) is 0 Å². The van der Waals surface area contributed by atoms with Crippen LogP contribution in [0, 0.1) is 3.57 Å². The van der Waals surface area contributed by atoms with Crippen LogP contribution in [-0.4, -0.2) is 32.5 Å². The fraction of sp³-hybridized carbons (Fsp3) is 0.0556. The zero-order chi connectivity index (χ0) is 22.7. The van der Waals surface area contributed by atoms with Crippen molar-refractivity contribution in [2.45, 2.75) is 6.92 Å². The molecule has 1 aromatic carbocycles. The van der Waals surface area contributed by atoms with Crippen LogP contribution in [0.1, 0.15) is 27.8 Å². The highest BCUT2D eigenvalue weighted by atomic mass is 127. The first-order chi connectivity index (χ1) is 14.7. The molecule has 0 saturated carbocycles. The van der Waals surface area contributed by atoms with Crippen LogP contribution in [0.2, 0.25) is 10.0 Å². The lowest BCUT2D eigenvalue weighted by atomic mass is 10.1. The van der Waals surface area contributed by atoms with Crippen molar-refractivity contribution in [3.05, 3.63) is 66.0 Å². The standard InChI is InChI=1S/C18H12BrCl2IN6O3/c1-8(29)25-26-17(30)10-5-9(20)6-12(22)15(10)24-18(31)13-7-14(19)27-28(13)16-11(21)3-2-4-23-16/h2-7H,1H3,(H,24,31)(H,25,29)(H,26,30). The number of carbonyl (C=O) groups is 3. The highest BCUT2D eigenvalue weighted by molar-refractivity contribution is 14.1. The number of anilines is 1. The van der Waals surface area contributed by atoms with Crippen molar-refractivity contribution in [2.24, 2.45) is 0 Å². The minimum atomic E-state index is -0.659. The summed E-state index contributed by atoms with van der Waals surface area (Å²) in [7, 11) is 0. The van der Waals surface area contributed by atoms with Crippen molar-refractivity contribution in [3.8, 4) is 5.82 Å². The summed E-state index contributed by atoms with van der Waals surface area (Å²) in [4.78, 5) is 40.9. The number of hydrogen-bond acceptors (Lipinski definition) is 5. The molecule has 160 valence electrons. The second kappa shape index (κ2) is 9.94. The van der Waals surface area contributed by atoms with Crippen LogP contribution in [0.5, 0.6) is 0 Å². The molecule has 0 aliphatic rings. The second-order valence-corrected chi connectivity index (χ2v) is 8.79. The highest BCUT2D eigenvalue weighted by Gasteiger charge is 2.23. The molecule has 3 amide bonds. The van der Waals surface area contributed by atoms with E-state index in [1.165, 1.54) is 29.9 Å². The lowest BCUT2D eigenvalue weighted by Crippen LogP contribution is -2.40. The lowest BCUT2D eigenvalue weighted by Gasteiger charge is -2.15. The van der Waals surface area contributed by atoms with Gasteiger partial charge in [0.1, 0.15) is 10.3 Å². The summed E-state index contributed by atoms with van der Waals surface area (Å²) in [5, 5.41) is 7.50. The Morgan fingerprint density at radius 1 is 1.13 bits per heavy atom. The maximum absolute atomic E-state index is 13.1. The minimum absolute atomic E-state index is 0.0556. The van der Waals surface area contributed by atoms with Gasteiger partial charge in [0.15, 0.2) is 5.82 Å². The van der Waals surface area contributed by atoms with E-state index in [-0.39, 0.29) is 27.8 Å². The van der Waals surface area contributed by atoms with Crippen molar-refractivity contribution in [2.75, 3.05) is 5.32 Å². The summed E-state index contributed by atoms with van der Waals surface area (Å²) >= 11 is 17.5. The van der Waals surface area contributed by atoms with Gasteiger partial charge in [0.25, 0.3) is 11.8 Å². The maximum atomic E-state index is 13.1. The number of hydrogen-bond donors (Lipinski definition) is 3. The first-order valence-corrected chi connectivity index (χ1v) is 11.0. The molecule has 31 heavy (non-hydrogen) atoms. The third-order valence-electron chi connectivity index (χ3n) is 3.74. The monoisotopic (exact) mass is 636 g/mol. The molecule has 3 aromatic rings. The van der Waals surface area contributed by atoms with E-state index in [0.29, 0.717) is 13.2 Å². The van der Waals surface area contributed by atoms with Crippen molar-refractivity contribution in [1.82, 2.24) is 25.6 Å². The number of amides is 3. The average Bonchev–Trinajstić information content (AvgIpc) is 3.09. The van der Waals surface area contributed by atoms with Crippen molar-refractivity contribution in [1.29, 1.82) is 0 Å². The zero-order valence-corrected chi connectivity index (χ0v) is 20.8. The van der Waals surface area contributed by atoms with Crippen molar-refractivity contribution >= 4 is 85.1 Å². The largest absolute Gasteiger partial charge is 0.319 e. The lowest BCUT2D eigenvalue weighted by molar-refractivity contribution is -0.119. The molecule has 0 aliphatic carbocycles. The number of carbonyl (C=O) groups excluding carboxylic acids is 3. The molecule has 0 saturated heterocycles. The number of nitrogens with zero attached hydrogens (tertiary/aromatic N) is 3. The number of hydrazine groups is 1. The zero-order valence-electron chi connectivity index (χ0n) is 15.5. The molecule has 3 rings (SSSR count). The number of rotatable bonds is 4. The maximum Gasteiger partial charge on any atom is 0.274 e. The molecule has 3 N–H and O–H groups in total. The van der Waals surface area contributed by atoms with Gasteiger partial charge in [0, 0.05) is 27.8 Å².